The van der Waals surface area contributed by atoms with Crippen LogP contribution in [0.3, 0.4) is 0 Å². The van der Waals surface area contributed by atoms with Gasteiger partial charge in [0.1, 0.15) is 0 Å². The van der Waals surface area contributed by atoms with E-state index in [9.17, 15) is 19.8 Å². The number of amides is 1. The first-order chi connectivity index (χ1) is 39.5. The van der Waals surface area contributed by atoms with Crippen LogP contribution in [-0.4, -0.2) is 47.4 Å². The third-order valence-electron chi connectivity index (χ3n) is 16.9. The van der Waals surface area contributed by atoms with E-state index >= 15 is 0 Å². The summed E-state index contributed by atoms with van der Waals surface area (Å²) < 4.78 is 5.48. The summed E-state index contributed by atoms with van der Waals surface area (Å²) in [6, 6.07) is -0.540. The van der Waals surface area contributed by atoms with Gasteiger partial charge in [-0.3, -0.25) is 9.59 Å². The van der Waals surface area contributed by atoms with E-state index in [2.05, 4.69) is 55.6 Å². The molecular weight excluding hydrogens is 983 g/mol. The Bertz CT molecular complexity index is 1300. The second-order valence-corrected chi connectivity index (χ2v) is 24.9. The smallest absolute Gasteiger partial charge is 0.305 e. The second kappa shape index (κ2) is 69.6. The number of allylic oxidation sites excluding steroid dienone is 6. The molecule has 2 atom stereocenters. The van der Waals surface area contributed by atoms with Crippen molar-refractivity contribution in [3.05, 3.63) is 36.5 Å². The molecule has 0 aromatic carbocycles. The third kappa shape index (κ3) is 65.2. The van der Waals surface area contributed by atoms with Gasteiger partial charge in [-0.25, -0.2) is 0 Å². The van der Waals surface area contributed by atoms with Crippen LogP contribution >= 0.6 is 0 Å². The minimum atomic E-state index is -0.663. The summed E-state index contributed by atoms with van der Waals surface area (Å²) >= 11 is 0. The fraction of sp³-hybridized carbons (Fsp3) is 0.892. The van der Waals surface area contributed by atoms with Gasteiger partial charge in [0, 0.05) is 12.8 Å². The Balaban J connectivity index is 3.36. The van der Waals surface area contributed by atoms with Gasteiger partial charge >= 0.3 is 5.97 Å². The largest absolute Gasteiger partial charge is 0.466 e. The third-order valence-corrected chi connectivity index (χ3v) is 16.9. The van der Waals surface area contributed by atoms with Crippen molar-refractivity contribution in [2.24, 2.45) is 0 Å². The Morgan fingerprint density at radius 3 is 1.00 bits per heavy atom. The number of aliphatic hydroxyl groups is 2. The number of unbranched alkanes of at least 4 members (excludes halogenated alkanes) is 51. The number of carbonyl (C=O) groups is 2. The lowest BCUT2D eigenvalue weighted by molar-refractivity contribution is -0.143. The molecule has 0 bridgehead atoms. The Morgan fingerprint density at radius 2 is 0.637 bits per heavy atom. The Labute approximate surface area is 500 Å². The highest BCUT2D eigenvalue weighted by molar-refractivity contribution is 5.76. The van der Waals surface area contributed by atoms with Gasteiger partial charge in [0.05, 0.1) is 25.4 Å². The normalized spacial score (nSPS) is 12.7. The van der Waals surface area contributed by atoms with Crippen molar-refractivity contribution in [2.75, 3.05) is 13.2 Å². The highest BCUT2D eigenvalue weighted by atomic mass is 16.5. The zero-order chi connectivity index (χ0) is 57.8. The van der Waals surface area contributed by atoms with Crippen LogP contribution in [0.2, 0.25) is 0 Å². The average Bonchev–Trinajstić information content (AvgIpc) is 3.46. The first-order valence-electron chi connectivity index (χ1n) is 36.2. The molecule has 0 spiro atoms. The van der Waals surface area contributed by atoms with Gasteiger partial charge in [-0.2, -0.15) is 0 Å². The molecular formula is C74H141NO5. The standard InChI is InChI=1S/C74H141NO5/c1-3-5-7-9-11-13-15-17-19-20-36-39-42-46-50-54-58-62-66-72(77)71(70-76)75-73(78)67-63-59-55-51-47-43-40-37-34-32-30-28-26-24-22-21-23-25-27-29-31-33-35-38-41-45-49-53-57-61-65-69-80-74(79)68-64-60-56-52-48-44-18-16-14-12-10-8-6-4-2/h10,12,16,18,23,25,71-72,76-77H,3-9,11,13-15,17,19-22,24,26-70H2,1-2H3,(H,75,78)/b12-10-,18-16-,25-23-. The maximum atomic E-state index is 12.5. The Hall–Kier alpha value is -1.92. The van der Waals surface area contributed by atoms with Crippen LogP contribution in [0, 0.1) is 0 Å². The maximum Gasteiger partial charge on any atom is 0.305 e. The molecule has 3 N–H and O–H groups in total. The van der Waals surface area contributed by atoms with Crippen molar-refractivity contribution < 1.29 is 24.5 Å². The van der Waals surface area contributed by atoms with Gasteiger partial charge in [0.15, 0.2) is 0 Å². The summed E-state index contributed by atoms with van der Waals surface area (Å²) in [6.07, 6.45) is 89.2. The summed E-state index contributed by atoms with van der Waals surface area (Å²) in [5, 5.41) is 23.4. The number of ether oxygens (including phenoxy) is 1. The van der Waals surface area contributed by atoms with Gasteiger partial charge in [-0.05, 0) is 77.0 Å². The highest BCUT2D eigenvalue weighted by Crippen LogP contribution is 2.19. The van der Waals surface area contributed by atoms with Crippen LogP contribution in [0.5, 0.6) is 0 Å². The molecule has 472 valence electrons. The predicted octanol–water partition coefficient (Wildman–Crippen LogP) is 23.5. The monoisotopic (exact) mass is 1120 g/mol. The number of hydrogen-bond donors (Lipinski definition) is 3. The zero-order valence-electron chi connectivity index (χ0n) is 54.1. The molecule has 0 radical (unpaired) electrons. The van der Waals surface area contributed by atoms with E-state index in [1.807, 2.05) is 0 Å². The quantitative estimate of drug-likeness (QED) is 0.0320. The highest BCUT2D eigenvalue weighted by Gasteiger charge is 2.20. The van der Waals surface area contributed by atoms with Crippen LogP contribution in [-0.2, 0) is 14.3 Å². The van der Waals surface area contributed by atoms with E-state index in [0.717, 1.165) is 51.4 Å². The molecule has 0 aliphatic carbocycles. The van der Waals surface area contributed by atoms with E-state index in [1.54, 1.807) is 0 Å². The van der Waals surface area contributed by atoms with E-state index in [1.165, 1.54) is 315 Å². The van der Waals surface area contributed by atoms with Gasteiger partial charge in [-0.1, -0.05) is 346 Å². The number of nitrogens with one attached hydrogen (secondary N) is 1. The number of aliphatic hydroxyl groups excluding tert-OH is 2. The predicted molar refractivity (Wildman–Crippen MR) is 352 cm³/mol. The molecule has 0 fully saturated rings. The minimum absolute atomic E-state index is 0.00340. The van der Waals surface area contributed by atoms with Gasteiger partial charge in [0.25, 0.3) is 0 Å². The van der Waals surface area contributed by atoms with E-state index in [-0.39, 0.29) is 18.5 Å². The zero-order valence-corrected chi connectivity index (χ0v) is 54.1. The lowest BCUT2D eigenvalue weighted by atomic mass is 10.0. The van der Waals surface area contributed by atoms with Crippen LogP contribution in [0.4, 0.5) is 0 Å². The van der Waals surface area contributed by atoms with E-state index in [4.69, 9.17) is 4.74 Å². The van der Waals surface area contributed by atoms with Crippen LogP contribution in [0.15, 0.2) is 36.5 Å². The van der Waals surface area contributed by atoms with Gasteiger partial charge in [-0.15, -0.1) is 0 Å². The number of hydrogen-bond acceptors (Lipinski definition) is 5. The summed E-state index contributed by atoms with van der Waals surface area (Å²) in [7, 11) is 0. The van der Waals surface area contributed by atoms with E-state index < -0.39 is 12.1 Å². The molecule has 0 aliphatic heterocycles. The van der Waals surface area contributed by atoms with Crippen LogP contribution in [0.1, 0.15) is 399 Å². The van der Waals surface area contributed by atoms with Gasteiger partial charge in [0.2, 0.25) is 5.91 Å². The molecule has 6 heteroatoms. The fourth-order valence-electron chi connectivity index (χ4n) is 11.4. The lowest BCUT2D eigenvalue weighted by Gasteiger charge is -2.22. The molecule has 0 saturated heterocycles. The molecule has 80 heavy (non-hydrogen) atoms. The summed E-state index contributed by atoms with van der Waals surface area (Å²) in [4.78, 5) is 24.6. The first-order valence-corrected chi connectivity index (χ1v) is 36.2. The van der Waals surface area contributed by atoms with Crippen LogP contribution < -0.4 is 5.32 Å². The molecule has 0 saturated carbocycles. The molecule has 6 nitrogen and oxygen atoms in total. The summed E-state index contributed by atoms with van der Waals surface area (Å²) in [5.74, 6) is -0.0259. The van der Waals surface area contributed by atoms with Crippen molar-refractivity contribution in [3.63, 3.8) is 0 Å². The fourth-order valence-corrected chi connectivity index (χ4v) is 11.4. The van der Waals surface area contributed by atoms with Crippen LogP contribution in [0.25, 0.3) is 0 Å². The Morgan fingerprint density at radius 1 is 0.350 bits per heavy atom. The number of rotatable bonds is 68. The molecule has 2 unspecified atom stereocenters. The molecule has 0 aliphatic rings. The molecule has 0 rings (SSSR count). The topological polar surface area (TPSA) is 95.9 Å². The van der Waals surface area contributed by atoms with Crippen molar-refractivity contribution in [2.45, 2.75) is 411 Å². The summed E-state index contributed by atoms with van der Waals surface area (Å²) in [6.45, 7) is 4.94. The second-order valence-electron chi connectivity index (χ2n) is 24.9. The Kier molecular flexibility index (Phi) is 67.9. The number of carbonyl (C=O) groups excluding carboxylic acids is 2. The van der Waals surface area contributed by atoms with Gasteiger partial charge < -0.3 is 20.3 Å². The first kappa shape index (κ1) is 78.1. The molecule has 0 heterocycles. The van der Waals surface area contributed by atoms with Crippen molar-refractivity contribution in [1.82, 2.24) is 5.32 Å². The van der Waals surface area contributed by atoms with Crippen molar-refractivity contribution >= 4 is 11.9 Å². The van der Waals surface area contributed by atoms with E-state index in [0.29, 0.717) is 25.9 Å². The lowest BCUT2D eigenvalue weighted by Crippen LogP contribution is -2.45. The van der Waals surface area contributed by atoms with Crippen molar-refractivity contribution in [1.29, 1.82) is 0 Å². The maximum absolute atomic E-state index is 12.5. The summed E-state index contributed by atoms with van der Waals surface area (Å²) in [5.41, 5.74) is 0. The van der Waals surface area contributed by atoms with Crippen molar-refractivity contribution in [3.8, 4) is 0 Å². The minimum Gasteiger partial charge on any atom is -0.466 e. The average molecular weight is 1120 g/mol. The molecule has 0 aromatic rings. The molecule has 1 amide bonds. The molecule has 0 aromatic heterocycles. The SMILES string of the molecule is CCCC/C=C\C/C=C\CCCCCCCC(=O)OCCCCCCCCCCCCCC/C=C\CCCCCCCCCCCCCCCCCC(=O)NC(CO)C(O)CCCCCCCCCCCCCCCCCCCC. The number of esters is 1.